The van der Waals surface area contributed by atoms with Gasteiger partial charge in [0.25, 0.3) is 0 Å². The predicted molar refractivity (Wildman–Crippen MR) is 115 cm³/mol. The second-order valence-corrected chi connectivity index (χ2v) is 6.59. The molecule has 0 aromatic heterocycles. The van der Waals surface area contributed by atoms with Gasteiger partial charge in [-0.3, -0.25) is 0 Å². The van der Waals surface area contributed by atoms with E-state index in [-0.39, 0.29) is 13.2 Å². The summed E-state index contributed by atoms with van der Waals surface area (Å²) in [7, 11) is 0. The number of carbonyl (C=O) groups is 2. The minimum Gasteiger partial charge on any atom is -0.430 e. The number of aryl methyl sites for hydroxylation is 2. The summed E-state index contributed by atoms with van der Waals surface area (Å²) in [4.78, 5) is 24.4. The van der Waals surface area contributed by atoms with Crippen LogP contribution in [0.15, 0.2) is 61.7 Å². The number of carbonyl (C=O) groups excluding carboxylic acids is 2. The Morgan fingerprint density at radius 1 is 0.767 bits per heavy atom. The van der Waals surface area contributed by atoms with Crippen LogP contribution in [0.1, 0.15) is 11.1 Å². The van der Waals surface area contributed by atoms with Crippen molar-refractivity contribution in [2.24, 2.45) is 0 Å². The molecule has 0 bridgehead atoms. The van der Waals surface area contributed by atoms with Gasteiger partial charge in [0, 0.05) is 21.5 Å². The fourth-order valence-corrected chi connectivity index (χ4v) is 3.06. The van der Waals surface area contributed by atoms with E-state index in [0.29, 0.717) is 33.0 Å². The molecule has 0 aliphatic carbocycles. The third kappa shape index (κ3) is 4.27. The average molecular weight is 406 g/mol. The van der Waals surface area contributed by atoms with Gasteiger partial charge in [-0.2, -0.15) is 0 Å². The van der Waals surface area contributed by atoms with Gasteiger partial charge in [0.05, 0.1) is 0 Å². The summed E-state index contributed by atoms with van der Waals surface area (Å²) in [6.45, 7) is 11.0. The highest BCUT2D eigenvalue weighted by atomic mass is 16.7. The smallest absolute Gasteiger partial charge is 0.430 e. The first-order valence-corrected chi connectivity index (χ1v) is 9.33. The van der Waals surface area contributed by atoms with Gasteiger partial charge in [-0.1, -0.05) is 49.6 Å². The van der Waals surface area contributed by atoms with Crippen LogP contribution in [0.2, 0.25) is 0 Å². The number of fused-ring (bicyclic) bond motifs is 2. The molecule has 3 aromatic carbocycles. The number of rotatable bonds is 6. The lowest BCUT2D eigenvalue weighted by Gasteiger charge is -2.17. The first-order chi connectivity index (χ1) is 14.5. The summed E-state index contributed by atoms with van der Waals surface area (Å²) < 4.78 is 21.1. The van der Waals surface area contributed by atoms with E-state index < -0.39 is 12.3 Å². The molecule has 0 saturated carbocycles. The number of hydrogen-bond acceptors (Lipinski definition) is 6. The van der Waals surface area contributed by atoms with E-state index in [0.717, 1.165) is 11.1 Å². The van der Waals surface area contributed by atoms with Crippen molar-refractivity contribution in [1.29, 1.82) is 0 Å². The molecule has 0 aliphatic rings. The highest BCUT2D eigenvalue weighted by Crippen LogP contribution is 2.44. The molecule has 0 amide bonds. The van der Waals surface area contributed by atoms with Gasteiger partial charge in [-0.05, 0) is 37.1 Å². The molecule has 0 unspecified atom stereocenters. The van der Waals surface area contributed by atoms with Crippen molar-refractivity contribution < 1.29 is 28.5 Å². The molecule has 0 aliphatic heterocycles. The van der Waals surface area contributed by atoms with Crippen molar-refractivity contribution in [3.63, 3.8) is 0 Å². The summed E-state index contributed by atoms with van der Waals surface area (Å²) in [5.74, 6) is 0.647. The monoisotopic (exact) mass is 406 g/mol. The molecule has 6 nitrogen and oxygen atoms in total. The lowest BCUT2D eigenvalue weighted by Crippen LogP contribution is -2.13. The van der Waals surface area contributed by atoms with Gasteiger partial charge >= 0.3 is 12.3 Å². The maximum absolute atomic E-state index is 12.2. The maximum Gasteiger partial charge on any atom is 0.514 e. The van der Waals surface area contributed by atoms with Crippen LogP contribution >= 0.6 is 0 Å². The Balaban J connectivity index is 2.25. The molecule has 0 fully saturated rings. The Hall–Kier alpha value is -3.80. The highest BCUT2D eigenvalue weighted by Gasteiger charge is 2.21. The van der Waals surface area contributed by atoms with Gasteiger partial charge in [-0.25, -0.2) is 9.59 Å². The van der Waals surface area contributed by atoms with E-state index in [1.54, 1.807) is 24.3 Å². The van der Waals surface area contributed by atoms with Gasteiger partial charge < -0.3 is 18.9 Å². The van der Waals surface area contributed by atoms with E-state index in [4.69, 9.17) is 18.9 Å². The normalized spacial score (nSPS) is 10.5. The van der Waals surface area contributed by atoms with Crippen LogP contribution in [0, 0.1) is 13.8 Å². The molecule has 3 rings (SSSR count). The van der Waals surface area contributed by atoms with Gasteiger partial charge in [0.1, 0.15) is 24.7 Å². The summed E-state index contributed by atoms with van der Waals surface area (Å²) in [5, 5.41) is 2.41. The van der Waals surface area contributed by atoms with E-state index in [2.05, 4.69) is 13.2 Å². The molecule has 0 saturated heterocycles. The fraction of sp³-hybridized carbons (Fsp3) is 0.167. The van der Waals surface area contributed by atoms with Crippen LogP contribution in [0.5, 0.6) is 11.5 Å². The predicted octanol–water partition coefficient (Wildman–Crippen LogP) is 6.01. The average Bonchev–Trinajstić information content (AvgIpc) is 2.74. The largest absolute Gasteiger partial charge is 0.514 e. The molecule has 0 spiro atoms. The molecule has 3 aromatic rings. The minimum atomic E-state index is -0.848. The highest BCUT2D eigenvalue weighted by molar-refractivity contribution is 6.12. The van der Waals surface area contributed by atoms with Gasteiger partial charge in [0.15, 0.2) is 0 Å². The molecular weight excluding hydrogens is 384 g/mol. The van der Waals surface area contributed by atoms with Gasteiger partial charge in [-0.15, -0.1) is 0 Å². The topological polar surface area (TPSA) is 71.1 Å². The van der Waals surface area contributed by atoms with Crippen LogP contribution in [0.4, 0.5) is 9.59 Å². The first kappa shape index (κ1) is 20.9. The fourth-order valence-electron chi connectivity index (χ4n) is 3.06. The van der Waals surface area contributed by atoms with Crippen LogP contribution in [-0.4, -0.2) is 25.5 Å². The van der Waals surface area contributed by atoms with E-state index in [1.807, 2.05) is 26.0 Å². The Morgan fingerprint density at radius 3 is 1.53 bits per heavy atom. The maximum atomic E-state index is 12.2. The summed E-state index contributed by atoms with van der Waals surface area (Å²) in [5.41, 5.74) is 1.98. The molecule has 6 heteroatoms. The van der Waals surface area contributed by atoms with E-state index >= 15 is 0 Å². The van der Waals surface area contributed by atoms with E-state index in [9.17, 15) is 9.59 Å². The zero-order valence-electron chi connectivity index (χ0n) is 16.9. The standard InChI is InChI=1S/C24H22O6/c1-5-11-27-23(25)29-21-17-9-7-8-10-18(17)22(30-24(26)28-12-6-2)20-14-16(4)15(3)13-19(20)21/h5-10,13-14H,1-2,11-12H2,3-4H3. The van der Waals surface area contributed by atoms with Crippen LogP contribution in [0.25, 0.3) is 21.5 Å². The second kappa shape index (κ2) is 9.13. The van der Waals surface area contributed by atoms with Gasteiger partial charge in [0.2, 0.25) is 0 Å². The van der Waals surface area contributed by atoms with Crippen molar-refractivity contribution in [3.8, 4) is 11.5 Å². The molecule has 30 heavy (non-hydrogen) atoms. The second-order valence-electron chi connectivity index (χ2n) is 6.59. The zero-order chi connectivity index (χ0) is 21.7. The zero-order valence-corrected chi connectivity index (χ0v) is 16.9. The molecule has 0 atom stereocenters. The number of hydrogen-bond donors (Lipinski definition) is 0. The summed E-state index contributed by atoms with van der Waals surface area (Å²) in [6, 6.07) is 10.9. The van der Waals surface area contributed by atoms with Crippen molar-refractivity contribution in [3.05, 3.63) is 72.8 Å². The van der Waals surface area contributed by atoms with E-state index in [1.165, 1.54) is 12.2 Å². The molecule has 154 valence electrons. The third-order valence-corrected chi connectivity index (χ3v) is 4.55. The van der Waals surface area contributed by atoms with Crippen molar-refractivity contribution >= 4 is 33.9 Å². The number of benzene rings is 3. The Kier molecular flexibility index (Phi) is 6.37. The minimum absolute atomic E-state index is 0.0309. The molecule has 0 radical (unpaired) electrons. The molecular formula is C24H22O6. The summed E-state index contributed by atoms with van der Waals surface area (Å²) in [6.07, 6.45) is 1.21. The molecule has 0 heterocycles. The first-order valence-electron chi connectivity index (χ1n) is 9.33. The summed E-state index contributed by atoms with van der Waals surface area (Å²) >= 11 is 0. The Morgan fingerprint density at radius 2 is 1.17 bits per heavy atom. The Bertz CT molecular complexity index is 1060. The number of ether oxygens (including phenoxy) is 4. The van der Waals surface area contributed by atoms with Crippen molar-refractivity contribution in [2.75, 3.05) is 13.2 Å². The third-order valence-electron chi connectivity index (χ3n) is 4.55. The van der Waals surface area contributed by atoms with Crippen molar-refractivity contribution in [2.45, 2.75) is 13.8 Å². The van der Waals surface area contributed by atoms with Crippen LogP contribution in [0.3, 0.4) is 0 Å². The van der Waals surface area contributed by atoms with Crippen LogP contribution in [-0.2, 0) is 9.47 Å². The molecule has 0 N–H and O–H groups in total. The van der Waals surface area contributed by atoms with Crippen molar-refractivity contribution in [1.82, 2.24) is 0 Å². The SMILES string of the molecule is C=CCOC(=O)Oc1c2ccccc2c(OC(=O)OCC=C)c2cc(C)c(C)cc12. The quantitative estimate of drug-likeness (QED) is 0.216. The lowest BCUT2D eigenvalue weighted by molar-refractivity contribution is 0.109. The van der Waals surface area contributed by atoms with Crippen LogP contribution < -0.4 is 9.47 Å². The lowest BCUT2D eigenvalue weighted by atomic mass is 9.96. The Labute approximate surface area is 174 Å².